The highest BCUT2D eigenvalue weighted by atomic mass is 35.5. The minimum Gasteiger partial charge on any atom is -0.273 e. The second-order valence-electron chi connectivity index (χ2n) is 4.76. The van der Waals surface area contributed by atoms with Gasteiger partial charge in [-0.2, -0.15) is 5.10 Å². The molecule has 1 N–H and O–H groups in total. The Morgan fingerprint density at radius 3 is 2.77 bits per heavy atom. The summed E-state index contributed by atoms with van der Waals surface area (Å²) in [6.07, 6.45) is 2.07. The molecule has 0 unspecified atom stereocenters. The first kappa shape index (κ1) is 16.6. The fourth-order valence-electron chi connectivity index (χ4n) is 1.78. The molecule has 0 aliphatic heterocycles. The van der Waals surface area contributed by atoms with Crippen LogP contribution in [-0.4, -0.2) is 17.9 Å². The van der Waals surface area contributed by atoms with Gasteiger partial charge < -0.3 is 0 Å². The Bertz CT molecular complexity index is 656. The van der Waals surface area contributed by atoms with Crippen LogP contribution in [0.25, 0.3) is 0 Å². The highest BCUT2D eigenvalue weighted by molar-refractivity contribution is 7.99. The Kier molecular flexibility index (Phi) is 6.49. The van der Waals surface area contributed by atoms with E-state index < -0.39 is 0 Å². The van der Waals surface area contributed by atoms with Crippen molar-refractivity contribution in [3.63, 3.8) is 0 Å². The minimum absolute atomic E-state index is 0.0923. The van der Waals surface area contributed by atoms with Crippen molar-refractivity contribution in [2.24, 2.45) is 5.10 Å². The highest BCUT2D eigenvalue weighted by Gasteiger charge is 2.01. The third kappa shape index (κ3) is 5.92. The maximum Gasteiger partial charge on any atom is 0.240 e. The van der Waals surface area contributed by atoms with Crippen LogP contribution >= 0.6 is 23.4 Å². The smallest absolute Gasteiger partial charge is 0.240 e. The van der Waals surface area contributed by atoms with Gasteiger partial charge in [0.1, 0.15) is 0 Å². The summed E-state index contributed by atoms with van der Waals surface area (Å²) >= 11 is 7.44. The van der Waals surface area contributed by atoms with Crippen molar-refractivity contribution in [2.75, 3.05) is 5.75 Å². The molecule has 0 spiro atoms. The van der Waals surface area contributed by atoms with Gasteiger partial charge in [-0.05, 0) is 36.8 Å². The van der Waals surface area contributed by atoms with E-state index in [1.807, 2.05) is 55.5 Å². The quantitative estimate of drug-likeness (QED) is 0.487. The van der Waals surface area contributed by atoms with Crippen molar-refractivity contribution in [3.8, 4) is 0 Å². The number of nitrogens with one attached hydrogen (secondary N) is 1. The molecule has 0 radical (unpaired) electrons. The zero-order valence-corrected chi connectivity index (χ0v) is 13.8. The summed E-state index contributed by atoms with van der Waals surface area (Å²) in [4.78, 5) is 12.8. The molecule has 0 heterocycles. The lowest BCUT2D eigenvalue weighted by Gasteiger charge is -2.01. The van der Waals surface area contributed by atoms with Gasteiger partial charge in [-0.15, -0.1) is 11.8 Å². The predicted molar refractivity (Wildman–Crippen MR) is 93.7 cm³/mol. The number of benzene rings is 2. The van der Waals surface area contributed by atoms with Crippen molar-refractivity contribution in [2.45, 2.75) is 18.2 Å². The van der Waals surface area contributed by atoms with Gasteiger partial charge in [0, 0.05) is 22.1 Å². The second-order valence-corrected chi connectivity index (χ2v) is 6.36. The molecule has 0 aliphatic carbocycles. The predicted octanol–water partition coefficient (Wildman–Crippen LogP) is 4.28. The maximum atomic E-state index is 11.7. The topological polar surface area (TPSA) is 41.5 Å². The lowest BCUT2D eigenvalue weighted by Crippen LogP contribution is -2.17. The van der Waals surface area contributed by atoms with Gasteiger partial charge in [0.25, 0.3) is 0 Å². The highest BCUT2D eigenvalue weighted by Crippen LogP contribution is 2.20. The summed E-state index contributed by atoms with van der Waals surface area (Å²) in [5.41, 5.74) is 4.67. The van der Waals surface area contributed by atoms with Gasteiger partial charge in [0.05, 0.1) is 6.21 Å². The minimum atomic E-state index is -0.0923. The number of nitrogens with zero attached hydrogens (tertiary/aromatic N) is 1. The van der Waals surface area contributed by atoms with Crippen LogP contribution in [-0.2, 0) is 4.79 Å². The first-order valence-corrected chi connectivity index (χ1v) is 8.27. The molecule has 3 nitrogen and oxygen atoms in total. The molecule has 0 aromatic heterocycles. The standard InChI is InChI=1S/C17H17ClN2OS/c1-13-3-2-4-14(11-13)12-19-20-17(21)9-10-22-16-7-5-15(18)6-8-16/h2-8,11-12H,9-10H2,1H3,(H,20,21)/b19-12-. The van der Waals surface area contributed by atoms with Crippen LogP contribution < -0.4 is 5.43 Å². The van der Waals surface area contributed by atoms with E-state index in [9.17, 15) is 4.79 Å². The molecule has 1 amide bonds. The monoisotopic (exact) mass is 332 g/mol. The normalized spacial score (nSPS) is 10.8. The van der Waals surface area contributed by atoms with Crippen LogP contribution in [0.3, 0.4) is 0 Å². The van der Waals surface area contributed by atoms with Crippen molar-refractivity contribution in [1.29, 1.82) is 0 Å². The second kappa shape index (κ2) is 8.61. The summed E-state index contributed by atoms with van der Waals surface area (Å²) in [6.45, 7) is 2.02. The molecule has 5 heteroatoms. The third-order valence-electron chi connectivity index (χ3n) is 2.86. The molecule has 0 atom stereocenters. The summed E-state index contributed by atoms with van der Waals surface area (Å²) in [7, 11) is 0. The van der Waals surface area contributed by atoms with Gasteiger partial charge in [-0.1, -0.05) is 41.4 Å². The Balaban J connectivity index is 1.70. The van der Waals surface area contributed by atoms with E-state index in [1.54, 1.807) is 18.0 Å². The number of hydrazone groups is 1. The third-order valence-corrected chi connectivity index (χ3v) is 4.12. The van der Waals surface area contributed by atoms with Crippen LogP contribution in [0.5, 0.6) is 0 Å². The zero-order valence-electron chi connectivity index (χ0n) is 12.3. The molecule has 114 valence electrons. The Morgan fingerprint density at radius 1 is 1.27 bits per heavy atom. The van der Waals surface area contributed by atoms with E-state index in [4.69, 9.17) is 11.6 Å². The summed E-state index contributed by atoms with van der Waals surface area (Å²) in [5, 5.41) is 4.68. The van der Waals surface area contributed by atoms with Gasteiger partial charge >= 0.3 is 0 Å². The fraction of sp³-hybridized carbons (Fsp3) is 0.176. The van der Waals surface area contributed by atoms with Crippen LogP contribution in [0.1, 0.15) is 17.5 Å². The lowest BCUT2D eigenvalue weighted by molar-refractivity contribution is -0.120. The number of amides is 1. The number of rotatable bonds is 6. The average Bonchev–Trinajstić information content (AvgIpc) is 2.49. The molecule has 0 saturated carbocycles. The molecule has 0 saturated heterocycles. The van der Waals surface area contributed by atoms with Crippen molar-refractivity contribution in [1.82, 2.24) is 5.43 Å². The zero-order chi connectivity index (χ0) is 15.8. The number of hydrogen-bond acceptors (Lipinski definition) is 3. The molecular formula is C17H17ClN2OS. The van der Waals surface area contributed by atoms with Gasteiger partial charge in [0.2, 0.25) is 5.91 Å². The van der Waals surface area contributed by atoms with Crippen molar-refractivity contribution >= 4 is 35.5 Å². The van der Waals surface area contributed by atoms with Crippen LogP contribution in [0.4, 0.5) is 0 Å². The first-order chi connectivity index (χ1) is 10.6. The molecular weight excluding hydrogens is 316 g/mol. The Hall–Kier alpha value is -1.78. The van der Waals surface area contributed by atoms with Gasteiger partial charge in [-0.3, -0.25) is 4.79 Å². The fourth-order valence-corrected chi connectivity index (χ4v) is 2.76. The molecule has 2 aromatic rings. The van der Waals surface area contributed by atoms with Gasteiger partial charge in [-0.25, -0.2) is 5.43 Å². The van der Waals surface area contributed by atoms with E-state index >= 15 is 0 Å². The molecule has 0 aliphatic rings. The van der Waals surface area contributed by atoms with Crippen molar-refractivity contribution in [3.05, 3.63) is 64.7 Å². The first-order valence-electron chi connectivity index (χ1n) is 6.90. The summed E-state index contributed by atoms with van der Waals surface area (Å²) in [6, 6.07) is 15.5. The van der Waals surface area contributed by atoms with Crippen LogP contribution in [0, 0.1) is 6.92 Å². The molecule has 22 heavy (non-hydrogen) atoms. The van der Waals surface area contributed by atoms with E-state index in [2.05, 4.69) is 10.5 Å². The molecule has 2 aromatic carbocycles. The summed E-state index contributed by atoms with van der Waals surface area (Å²) < 4.78 is 0. The van der Waals surface area contributed by atoms with E-state index in [0.29, 0.717) is 17.2 Å². The van der Waals surface area contributed by atoms with Gasteiger partial charge in [0.15, 0.2) is 0 Å². The Labute approximate surface area is 139 Å². The molecule has 0 bridgehead atoms. The number of aryl methyl sites for hydroxylation is 1. The van der Waals surface area contributed by atoms with E-state index in [-0.39, 0.29) is 5.91 Å². The molecule has 2 rings (SSSR count). The van der Waals surface area contributed by atoms with Crippen molar-refractivity contribution < 1.29 is 4.79 Å². The summed E-state index contributed by atoms with van der Waals surface area (Å²) in [5.74, 6) is 0.610. The lowest BCUT2D eigenvalue weighted by atomic mass is 10.2. The number of carbonyl (C=O) groups excluding carboxylic acids is 1. The average molecular weight is 333 g/mol. The number of carbonyl (C=O) groups is 1. The van der Waals surface area contributed by atoms with E-state index in [0.717, 1.165) is 16.0 Å². The Morgan fingerprint density at radius 2 is 2.05 bits per heavy atom. The SMILES string of the molecule is Cc1cccc(/C=N\NC(=O)CCSc2ccc(Cl)cc2)c1. The van der Waals surface area contributed by atoms with Crippen LogP contribution in [0.2, 0.25) is 5.02 Å². The largest absolute Gasteiger partial charge is 0.273 e. The van der Waals surface area contributed by atoms with Crippen LogP contribution in [0.15, 0.2) is 58.5 Å². The molecule has 0 fully saturated rings. The maximum absolute atomic E-state index is 11.7. The number of halogens is 1. The number of thioether (sulfide) groups is 1. The van der Waals surface area contributed by atoms with E-state index in [1.165, 1.54) is 0 Å². The number of hydrogen-bond donors (Lipinski definition) is 1.